The van der Waals surface area contributed by atoms with Crippen LogP contribution in [0.2, 0.25) is 0 Å². The predicted octanol–water partition coefficient (Wildman–Crippen LogP) is 4.44. The van der Waals surface area contributed by atoms with Gasteiger partial charge in [-0.25, -0.2) is 9.97 Å². The van der Waals surface area contributed by atoms with E-state index in [-0.39, 0.29) is 0 Å². The number of aromatic nitrogens is 3. The Morgan fingerprint density at radius 2 is 2.19 bits per heavy atom. The molecule has 0 spiro atoms. The van der Waals surface area contributed by atoms with Gasteiger partial charge in [0.25, 0.3) is 0 Å². The van der Waals surface area contributed by atoms with Crippen LogP contribution in [0.25, 0.3) is 10.2 Å². The minimum atomic E-state index is 0.644. The summed E-state index contributed by atoms with van der Waals surface area (Å²) in [5, 5.41) is 1.08. The van der Waals surface area contributed by atoms with Gasteiger partial charge in [0.1, 0.15) is 15.3 Å². The number of aryl methyl sites for hydroxylation is 3. The van der Waals surface area contributed by atoms with E-state index in [1.54, 1.807) is 17.5 Å². The number of halogens is 1. The van der Waals surface area contributed by atoms with Gasteiger partial charge in [0.2, 0.25) is 5.88 Å². The van der Waals surface area contributed by atoms with Crippen molar-refractivity contribution in [3.8, 4) is 11.6 Å². The van der Waals surface area contributed by atoms with Crippen molar-refractivity contribution in [3.63, 3.8) is 0 Å². The lowest BCUT2D eigenvalue weighted by atomic mass is 10.2. The normalized spacial score (nSPS) is 13.6. The van der Waals surface area contributed by atoms with Gasteiger partial charge in [-0.3, -0.25) is 0 Å². The number of ether oxygens (including phenoxy) is 1. The van der Waals surface area contributed by atoms with Crippen molar-refractivity contribution >= 4 is 37.5 Å². The SMILES string of the molecule is Cc1nc(Oc2cccnc2Br)c2c3c(sc2n1)CCC3. The Bertz CT molecular complexity index is 846. The summed E-state index contributed by atoms with van der Waals surface area (Å²) in [5.41, 5.74) is 1.37. The number of fused-ring (bicyclic) bond motifs is 3. The minimum absolute atomic E-state index is 0.644. The van der Waals surface area contributed by atoms with Crippen LogP contribution in [0.15, 0.2) is 22.9 Å². The second kappa shape index (κ2) is 5.03. The maximum absolute atomic E-state index is 6.03. The first kappa shape index (κ1) is 13.2. The molecule has 4 rings (SSSR count). The molecule has 0 saturated carbocycles. The summed E-state index contributed by atoms with van der Waals surface area (Å²) in [6, 6.07) is 3.73. The van der Waals surface area contributed by atoms with E-state index in [1.165, 1.54) is 16.9 Å². The smallest absolute Gasteiger partial charge is 0.231 e. The monoisotopic (exact) mass is 361 g/mol. The molecule has 4 nitrogen and oxygen atoms in total. The molecule has 0 saturated heterocycles. The Morgan fingerprint density at radius 1 is 1.29 bits per heavy atom. The highest BCUT2D eigenvalue weighted by atomic mass is 79.9. The minimum Gasteiger partial charge on any atom is -0.435 e. The van der Waals surface area contributed by atoms with Crippen molar-refractivity contribution in [1.29, 1.82) is 0 Å². The molecule has 0 atom stereocenters. The Kier molecular flexibility index (Phi) is 3.15. The summed E-state index contributed by atoms with van der Waals surface area (Å²) >= 11 is 5.18. The molecule has 0 radical (unpaired) electrons. The predicted molar refractivity (Wildman–Crippen MR) is 86.2 cm³/mol. The second-order valence-electron chi connectivity index (χ2n) is 5.01. The van der Waals surface area contributed by atoms with E-state index in [2.05, 4.69) is 30.9 Å². The highest BCUT2D eigenvalue weighted by molar-refractivity contribution is 9.10. The molecule has 0 aliphatic heterocycles. The van der Waals surface area contributed by atoms with Crippen molar-refractivity contribution in [2.75, 3.05) is 0 Å². The van der Waals surface area contributed by atoms with Crippen molar-refractivity contribution < 1.29 is 4.74 Å². The third kappa shape index (κ3) is 2.22. The highest BCUT2D eigenvalue weighted by Gasteiger charge is 2.23. The van der Waals surface area contributed by atoms with E-state index in [0.29, 0.717) is 16.2 Å². The first-order valence-corrected chi connectivity index (χ1v) is 8.40. The fourth-order valence-electron chi connectivity index (χ4n) is 2.69. The molecule has 3 heterocycles. The summed E-state index contributed by atoms with van der Waals surface area (Å²) in [6.07, 6.45) is 5.17. The van der Waals surface area contributed by atoms with Gasteiger partial charge >= 0.3 is 0 Å². The molecule has 0 bridgehead atoms. The number of hydrogen-bond donors (Lipinski definition) is 0. The molecule has 0 fully saturated rings. The molecule has 106 valence electrons. The third-order valence-electron chi connectivity index (χ3n) is 3.57. The van der Waals surface area contributed by atoms with Crippen LogP contribution in [-0.2, 0) is 12.8 Å². The largest absolute Gasteiger partial charge is 0.435 e. The molecule has 1 aliphatic carbocycles. The van der Waals surface area contributed by atoms with E-state index in [0.717, 1.165) is 28.9 Å². The molecule has 3 aromatic rings. The topological polar surface area (TPSA) is 47.9 Å². The van der Waals surface area contributed by atoms with Crippen molar-refractivity contribution in [3.05, 3.63) is 39.2 Å². The third-order valence-corrected chi connectivity index (χ3v) is 5.36. The zero-order valence-electron chi connectivity index (χ0n) is 11.4. The lowest BCUT2D eigenvalue weighted by Gasteiger charge is -2.08. The summed E-state index contributed by atoms with van der Waals surface area (Å²) in [5.74, 6) is 2.05. The van der Waals surface area contributed by atoms with E-state index < -0.39 is 0 Å². The van der Waals surface area contributed by atoms with Crippen molar-refractivity contribution in [1.82, 2.24) is 15.0 Å². The number of nitrogens with zero attached hydrogens (tertiary/aromatic N) is 3. The maximum Gasteiger partial charge on any atom is 0.231 e. The summed E-state index contributed by atoms with van der Waals surface area (Å²) in [4.78, 5) is 15.7. The quantitative estimate of drug-likeness (QED) is 0.633. The highest BCUT2D eigenvalue weighted by Crippen LogP contribution is 2.41. The van der Waals surface area contributed by atoms with E-state index in [4.69, 9.17) is 4.74 Å². The first-order valence-electron chi connectivity index (χ1n) is 6.79. The number of thiophene rings is 1. The molecule has 0 unspecified atom stereocenters. The molecule has 3 aromatic heterocycles. The average molecular weight is 362 g/mol. The number of pyridine rings is 1. The van der Waals surface area contributed by atoms with Gasteiger partial charge < -0.3 is 4.74 Å². The van der Waals surface area contributed by atoms with E-state index in [9.17, 15) is 0 Å². The Labute approximate surface area is 134 Å². The van der Waals surface area contributed by atoms with Gasteiger partial charge in [0.15, 0.2) is 5.75 Å². The number of hydrogen-bond acceptors (Lipinski definition) is 5. The average Bonchev–Trinajstić information content (AvgIpc) is 3.01. The van der Waals surface area contributed by atoms with Crippen LogP contribution >= 0.6 is 27.3 Å². The fourth-order valence-corrected chi connectivity index (χ4v) is 4.32. The molecule has 21 heavy (non-hydrogen) atoms. The molecule has 6 heteroatoms. The molecular formula is C15H12BrN3OS. The van der Waals surface area contributed by atoms with Gasteiger partial charge in [-0.05, 0) is 59.8 Å². The van der Waals surface area contributed by atoms with Gasteiger partial charge in [-0.1, -0.05) is 0 Å². The molecule has 0 N–H and O–H groups in total. The zero-order chi connectivity index (χ0) is 14.4. The van der Waals surface area contributed by atoms with Crippen LogP contribution in [0.1, 0.15) is 22.7 Å². The number of rotatable bonds is 2. The summed E-state index contributed by atoms with van der Waals surface area (Å²) in [7, 11) is 0. The summed E-state index contributed by atoms with van der Waals surface area (Å²) in [6.45, 7) is 1.90. The fraction of sp³-hybridized carbons (Fsp3) is 0.267. The Hall–Kier alpha value is -1.53. The van der Waals surface area contributed by atoms with E-state index >= 15 is 0 Å². The van der Waals surface area contributed by atoms with Gasteiger partial charge in [-0.15, -0.1) is 11.3 Å². The van der Waals surface area contributed by atoms with Crippen molar-refractivity contribution in [2.24, 2.45) is 0 Å². The second-order valence-corrected chi connectivity index (χ2v) is 6.84. The molecule has 0 amide bonds. The molecule has 1 aliphatic rings. The van der Waals surface area contributed by atoms with Crippen LogP contribution in [0.5, 0.6) is 11.6 Å². The van der Waals surface area contributed by atoms with Crippen LogP contribution in [0.4, 0.5) is 0 Å². The van der Waals surface area contributed by atoms with E-state index in [1.807, 2.05) is 19.1 Å². The van der Waals surface area contributed by atoms with Crippen LogP contribution in [0.3, 0.4) is 0 Å². The summed E-state index contributed by atoms with van der Waals surface area (Å²) < 4.78 is 6.71. The van der Waals surface area contributed by atoms with Crippen LogP contribution in [0, 0.1) is 6.92 Å². The molecule has 0 aromatic carbocycles. The lowest BCUT2D eigenvalue weighted by molar-refractivity contribution is 0.461. The van der Waals surface area contributed by atoms with Gasteiger partial charge in [-0.2, -0.15) is 4.98 Å². The Morgan fingerprint density at radius 3 is 3.05 bits per heavy atom. The Balaban J connectivity index is 1.90. The van der Waals surface area contributed by atoms with Crippen LogP contribution in [-0.4, -0.2) is 15.0 Å². The molecular weight excluding hydrogens is 350 g/mol. The van der Waals surface area contributed by atoms with Crippen LogP contribution < -0.4 is 4.74 Å². The van der Waals surface area contributed by atoms with Crippen molar-refractivity contribution in [2.45, 2.75) is 26.2 Å². The standard InChI is InChI=1S/C15H12BrN3OS/c1-8-18-14(20-10-5-3-7-17-13(10)16)12-9-4-2-6-11(9)21-15(12)19-8/h3,5,7H,2,4,6H2,1H3. The maximum atomic E-state index is 6.03. The lowest BCUT2D eigenvalue weighted by Crippen LogP contribution is -1.96. The van der Waals surface area contributed by atoms with Gasteiger partial charge in [0.05, 0.1) is 5.39 Å². The van der Waals surface area contributed by atoms with Gasteiger partial charge in [0, 0.05) is 11.1 Å². The zero-order valence-corrected chi connectivity index (χ0v) is 13.8. The first-order chi connectivity index (χ1) is 10.2.